The third kappa shape index (κ3) is 3.92. The molecule has 0 atom stereocenters. The van der Waals surface area contributed by atoms with Crippen LogP contribution in [0.5, 0.6) is 0 Å². The molecule has 26 heavy (non-hydrogen) atoms. The number of fused-ring (bicyclic) bond motifs is 1. The molecular weight excluding hydrogens is 354 g/mol. The fourth-order valence-electron chi connectivity index (χ4n) is 2.37. The van der Waals surface area contributed by atoms with Crippen LogP contribution in [-0.2, 0) is 9.59 Å². The number of carboxylic acid groups (broad SMARTS) is 1. The molecule has 0 aliphatic carbocycles. The van der Waals surface area contributed by atoms with Crippen molar-refractivity contribution in [3.63, 3.8) is 0 Å². The minimum absolute atomic E-state index is 0.0507. The second-order valence-electron chi connectivity index (χ2n) is 5.35. The van der Waals surface area contributed by atoms with Crippen LogP contribution in [0.25, 0.3) is 16.6 Å². The van der Waals surface area contributed by atoms with Gasteiger partial charge in [0, 0.05) is 0 Å². The number of carbonyl (C=O) groups is 2. The van der Waals surface area contributed by atoms with Crippen molar-refractivity contribution in [1.82, 2.24) is 14.9 Å². The van der Waals surface area contributed by atoms with Crippen LogP contribution in [0.3, 0.4) is 0 Å². The van der Waals surface area contributed by atoms with Crippen molar-refractivity contribution in [3.8, 4) is 5.69 Å². The number of aromatic nitrogens is 2. The van der Waals surface area contributed by atoms with Crippen LogP contribution in [0, 0.1) is 0 Å². The first-order chi connectivity index (χ1) is 12.6. The molecular formula is C18H15N3O4S. The van der Waals surface area contributed by atoms with E-state index in [2.05, 4.69) is 10.3 Å². The average Bonchev–Trinajstić information content (AvgIpc) is 2.65. The highest BCUT2D eigenvalue weighted by Crippen LogP contribution is 2.21. The number of nitrogens with zero attached hydrogens (tertiary/aromatic N) is 2. The van der Waals surface area contributed by atoms with Gasteiger partial charge in [-0.2, -0.15) is 0 Å². The van der Waals surface area contributed by atoms with Crippen molar-refractivity contribution in [2.75, 3.05) is 12.3 Å². The summed E-state index contributed by atoms with van der Waals surface area (Å²) in [7, 11) is 0. The summed E-state index contributed by atoms with van der Waals surface area (Å²) in [4.78, 5) is 39.8. The van der Waals surface area contributed by atoms with E-state index in [1.165, 1.54) is 4.57 Å². The summed E-state index contributed by atoms with van der Waals surface area (Å²) in [6.45, 7) is -0.448. The minimum Gasteiger partial charge on any atom is -0.480 e. The first kappa shape index (κ1) is 17.7. The molecule has 3 rings (SSSR count). The Balaban J connectivity index is 1.99. The van der Waals surface area contributed by atoms with Crippen molar-refractivity contribution >= 4 is 34.5 Å². The Bertz CT molecular complexity index is 1020. The minimum atomic E-state index is -1.12. The Morgan fingerprint density at radius 2 is 1.77 bits per heavy atom. The van der Waals surface area contributed by atoms with Gasteiger partial charge in [-0.25, -0.2) is 4.98 Å². The summed E-state index contributed by atoms with van der Waals surface area (Å²) < 4.78 is 1.46. The number of hydrogen-bond acceptors (Lipinski definition) is 5. The van der Waals surface area contributed by atoms with Crippen LogP contribution < -0.4 is 10.9 Å². The first-order valence-electron chi connectivity index (χ1n) is 7.75. The number of carbonyl (C=O) groups excluding carboxylic acids is 1. The molecule has 2 N–H and O–H groups in total. The van der Waals surface area contributed by atoms with Gasteiger partial charge >= 0.3 is 5.97 Å². The van der Waals surface area contributed by atoms with Gasteiger partial charge in [-0.15, -0.1) is 0 Å². The highest BCUT2D eigenvalue weighted by molar-refractivity contribution is 7.99. The molecule has 0 fully saturated rings. The average molecular weight is 369 g/mol. The summed E-state index contributed by atoms with van der Waals surface area (Å²) in [5, 5.41) is 11.8. The molecule has 0 radical (unpaired) electrons. The van der Waals surface area contributed by atoms with E-state index >= 15 is 0 Å². The molecule has 0 saturated heterocycles. The molecule has 0 aliphatic heterocycles. The summed E-state index contributed by atoms with van der Waals surface area (Å²) in [5.41, 5.74) is 0.956. The predicted octanol–water partition coefficient (Wildman–Crippen LogP) is 1.68. The third-order valence-electron chi connectivity index (χ3n) is 3.53. The molecule has 0 aliphatic rings. The van der Waals surface area contributed by atoms with Gasteiger partial charge in [0.2, 0.25) is 5.91 Å². The second kappa shape index (κ2) is 7.83. The number of rotatable bonds is 6. The number of aliphatic carboxylic acids is 1. The zero-order valence-electron chi connectivity index (χ0n) is 13.6. The predicted molar refractivity (Wildman–Crippen MR) is 98.7 cm³/mol. The number of thioether (sulfide) groups is 1. The molecule has 7 nitrogen and oxygen atoms in total. The Kier molecular flexibility index (Phi) is 5.33. The Hall–Kier alpha value is -3.13. The lowest BCUT2D eigenvalue weighted by Gasteiger charge is -2.13. The van der Waals surface area contributed by atoms with Crippen LogP contribution in [0.4, 0.5) is 0 Å². The quantitative estimate of drug-likeness (QED) is 0.506. The standard InChI is InChI=1S/C18H15N3O4S/c22-15(19-10-16(23)24)11-26-18-20-14-9-5-4-8-13(14)17(25)21(18)12-6-2-1-3-7-12/h1-9H,10-11H2,(H,19,22)(H,23,24). The monoisotopic (exact) mass is 369 g/mol. The maximum Gasteiger partial charge on any atom is 0.322 e. The van der Waals surface area contributed by atoms with E-state index in [4.69, 9.17) is 5.11 Å². The van der Waals surface area contributed by atoms with E-state index in [1.807, 2.05) is 18.2 Å². The smallest absolute Gasteiger partial charge is 0.322 e. The number of carboxylic acids is 1. The molecule has 8 heteroatoms. The van der Waals surface area contributed by atoms with Crippen molar-refractivity contribution in [2.24, 2.45) is 0 Å². The largest absolute Gasteiger partial charge is 0.480 e. The zero-order valence-corrected chi connectivity index (χ0v) is 14.4. The molecule has 132 valence electrons. The number of amides is 1. The summed E-state index contributed by atoms with van der Waals surface area (Å²) in [6.07, 6.45) is 0. The van der Waals surface area contributed by atoms with E-state index in [-0.39, 0.29) is 11.3 Å². The van der Waals surface area contributed by atoms with Crippen molar-refractivity contribution < 1.29 is 14.7 Å². The van der Waals surface area contributed by atoms with Gasteiger partial charge in [0.25, 0.3) is 5.56 Å². The summed E-state index contributed by atoms with van der Waals surface area (Å²) in [5.74, 6) is -1.61. The number of benzene rings is 2. The maximum absolute atomic E-state index is 12.9. The second-order valence-corrected chi connectivity index (χ2v) is 6.29. The van der Waals surface area contributed by atoms with E-state index in [0.717, 1.165) is 11.8 Å². The van der Waals surface area contributed by atoms with Gasteiger partial charge in [-0.05, 0) is 24.3 Å². The van der Waals surface area contributed by atoms with Gasteiger partial charge in [0.1, 0.15) is 6.54 Å². The number of hydrogen-bond donors (Lipinski definition) is 2. The van der Waals surface area contributed by atoms with Gasteiger partial charge in [0.05, 0.1) is 22.3 Å². The van der Waals surface area contributed by atoms with Crippen LogP contribution in [-0.4, -0.2) is 38.8 Å². The van der Waals surface area contributed by atoms with E-state index in [1.54, 1.807) is 36.4 Å². The van der Waals surface area contributed by atoms with Crippen LogP contribution in [0.2, 0.25) is 0 Å². The SMILES string of the molecule is O=C(O)CNC(=O)CSc1nc2ccccc2c(=O)n1-c1ccccc1. The molecule has 0 saturated carbocycles. The van der Waals surface area contributed by atoms with Crippen LogP contribution in [0.1, 0.15) is 0 Å². The Morgan fingerprint density at radius 1 is 1.08 bits per heavy atom. The molecule has 3 aromatic rings. The fraction of sp³-hybridized carbons (Fsp3) is 0.111. The molecule has 2 aromatic carbocycles. The summed E-state index contributed by atoms with van der Waals surface area (Å²) in [6, 6.07) is 16.0. The molecule has 0 unspecified atom stereocenters. The Morgan fingerprint density at radius 3 is 2.50 bits per heavy atom. The van der Waals surface area contributed by atoms with E-state index in [9.17, 15) is 14.4 Å². The molecule has 1 aromatic heterocycles. The Labute approximate surface area is 152 Å². The topological polar surface area (TPSA) is 101 Å². The van der Waals surface area contributed by atoms with Crippen molar-refractivity contribution in [2.45, 2.75) is 5.16 Å². The van der Waals surface area contributed by atoms with Gasteiger partial charge < -0.3 is 10.4 Å². The first-order valence-corrected chi connectivity index (χ1v) is 8.73. The highest BCUT2D eigenvalue weighted by Gasteiger charge is 2.14. The third-order valence-corrected chi connectivity index (χ3v) is 4.47. The number of nitrogens with one attached hydrogen (secondary N) is 1. The lowest BCUT2D eigenvalue weighted by Crippen LogP contribution is -2.31. The van der Waals surface area contributed by atoms with Gasteiger partial charge in [-0.3, -0.25) is 19.0 Å². The van der Waals surface area contributed by atoms with Gasteiger partial charge in [-0.1, -0.05) is 42.1 Å². The molecule has 1 heterocycles. The van der Waals surface area contributed by atoms with Crippen LogP contribution >= 0.6 is 11.8 Å². The maximum atomic E-state index is 12.9. The molecule has 0 spiro atoms. The molecule has 1 amide bonds. The molecule has 0 bridgehead atoms. The van der Waals surface area contributed by atoms with Crippen molar-refractivity contribution in [3.05, 3.63) is 65.0 Å². The van der Waals surface area contributed by atoms with Gasteiger partial charge in [0.15, 0.2) is 5.16 Å². The summed E-state index contributed by atoms with van der Waals surface area (Å²) >= 11 is 1.08. The number of para-hydroxylation sites is 2. The van der Waals surface area contributed by atoms with Crippen LogP contribution in [0.15, 0.2) is 64.5 Å². The lowest BCUT2D eigenvalue weighted by atomic mass is 10.2. The van der Waals surface area contributed by atoms with E-state index < -0.39 is 18.4 Å². The van der Waals surface area contributed by atoms with E-state index in [0.29, 0.717) is 21.7 Å². The zero-order chi connectivity index (χ0) is 18.5. The fourth-order valence-corrected chi connectivity index (χ4v) is 3.21. The van der Waals surface area contributed by atoms with Crippen molar-refractivity contribution in [1.29, 1.82) is 0 Å². The lowest BCUT2D eigenvalue weighted by molar-refractivity contribution is -0.137. The highest BCUT2D eigenvalue weighted by atomic mass is 32.2. The normalized spacial score (nSPS) is 10.6.